The number of hydrogen-bond acceptors (Lipinski definition) is 6. The standard InChI is InChI=1S/C13H13ClN4S2/c1-7-5-9-11(16-13(15)17-12(9)19-7)18(2)6-8-3-4-10(14)20-8/h3-5H,6H2,1-2H3,(H2,15,16,17). The van der Waals surface area contributed by atoms with Gasteiger partial charge in [0.25, 0.3) is 0 Å². The zero-order chi connectivity index (χ0) is 14.3. The summed E-state index contributed by atoms with van der Waals surface area (Å²) in [5.74, 6) is 1.17. The van der Waals surface area contributed by atoms with Gasteiger partial charge in [-0.2, -0.15) is 4.98 Å². The van der Waals surface area contributed by atoms with E-state index in [0.29, 0.717) is 5.95 Å². The lowest BCUT2D eigenvalue weighted by Gasteiger charge is -2.18. The van der Waals surface area contributed by atoms with Gasteiger partial charge in [-0.15, -0.1) is 22.7 Å². The number of thiophene rings is 2. The van der Waals surface area contributed by atoms with Gasteiger partial charge in [0.05, 0.1) is 16.3 Å². The van der Waals surface area contributed by atoms with Gasteiger partial charge in [0.15, 0.2) is 0 Å². The molecule has 3 rings (SSSR count). The van der Waals surface area contributed by atoms with Gasteiger partial charge in [0.1, 0.15) is 10.6 Å². The highest BCUT2D eigenvalue weighted by Gasteiger charge is 2.14. The molecule has 0 radical (unpaired) electrons. The van der Waals surface area contributed by atoms with Gasteiger partial charge in [0, 0.05) is 16.8 Å². The third-order valence-electron chi connectivity index (χ3n) is 2.90. The van der Waals surface area contributed by atoms with E-state index < -0.39 is 0 Å². The van der Waals surface area contributed by atoms with Gasteiger partial charge in [0.2, 0.25) is 5.95 Å². The Kier molecular flexibility index (Phi) is 3.54. The SMILES string of the molecule is Cc1cc2c(N(C)Cc3ccc(Cl)s3)nc(N)nc2s1. The molecular formula is C13H13ClN4S2. The number of aryl methyl sites for hydroxylation is 1. The van der Waals surface area contributed by atoms with Crippen molar-refractivity contribution in [3.63, 3.8) is 0 Å². The van der Waals surface area contributed by atoms with Crippen LogP contribution in [0.4, 0.5) is 11.8 Å². The summed E-state index contributed by atoms with van der Waals surface area (Å²) >= 11 is 9.18. The molecule has 0 aliphatic carbocycles. The van der Waals surface area contributed by atoms with Gasteiger partial charge in [-0.3, -0.25) is 0 Å². The summed E-state index contributed by atoms with van der Waals surface area (Å²) in [6.07, 6.45) is 0. The zero-order valence-electron chi connectivity index (χ0n) is 11.1. The first-order chi connectivity index (χ1) is 9.52. The molecule has 0 atom stereocenters. The van der Waals surface area contributed by atoms with Crippen molar-refractivity contribution < 1.29 is 0 Å². The molecule has 0 saturated heterocycles. The van der Waals surface area contributed by atoms with Crippen molar-refractivity contribution in [2.75, 3.05) is 17.7 Å². The minimum Gasteiger partial charge on any atom is -0.368 e. The molecule has 4 nitrogen and oxygen atoms in total. The Bertz CT molecular complexity index is 765. The van der Waals surface area contributed by atoms with Crippen LogP contribution < -0.4 is 10.6 Å². The minimum absolute atomic E-state index is 0.311. The van der Waals surface area contributed by atoms with Crippen molar-refractivity contribution in [3.05, 3.63) is 32.3 Å². The smallest absolute Gasteiger partial charge is 0.223 e. The fourth-order valence-corrected chi connectivity index (χ4v) is 4.10. The summed E-state index contributed by atoms with van der Waals surface area (Å²) in [5, 5.41) is 1.05. The molecule has 0 saturated carbocycles. The highest BCUT2D eigenvalue weighted by molar-refractivity contribution is 7.18. The van der Waals surface area contributed by atoms with Crippen LogP contribution in [0.1, 0.15) is 9.75 Å². The molecule has 0 fully saturated rings. The highest BCUT2D eigenvalue weighted by atomic mass is 35.5. The van der Waals surface area contributed by atoms with Crippen molar-refractivity contribution >= 4 is 56.3 Å². The number of hydrogen-bond donors (Lipinski definition) is 1. The van der Waals surface area contributed by atoms with Gasteiger partial charge >= 0.3 is 0 Å². The number of nitrogens with zero attached hydrogens (tertiary/aromatic N) is 3. The summed E-state index contributed by atoms with van der Waals surface area (Å²) in [6.45, 7) is 2.81. The van der Waals surface area contributed by atoms with Crippen LogP contribution in [0.25, 0.3) is 10.2 Å². The van der Waals surface area contributed by atoms with E-state index in [1.165, 1.54) is 9.75 Å². The summed E-state index contributed by atoms with van der Waals surface area (Å²) in [7, 11) is 2.00. The van der Waals surface area contributed by atoms with Crippen LogP contribution in [0, 0.1) is 6.92 Å². The van der Waals surface area contributed by atoms with E-state index in [1.54, 1.807) is 22.7 Å². The quantitative estimate of drug-likeness (QED) is 0.793. The lowest BCUT2D eigenvalue weighted by atomic mass is 10.3. The fraction of sp³-hybridized carbons (Fsp3) is 0.231. The first-order valence-corrected chi connectivity index (χ1v) is 8.03. The largest absolute Gasteiger partial charge is 0.368 e. The summed E-state index contributed by atoms with van der Waals surface area (Å²) in [4.78, 5) is 14.1. The van der Waals surface area contributed by atoms with Crippen LogP contribution in [0.5, 0.6) is 0 Å². The Hall–Kier alpha value is -1.37. The maximum Gasteiger partial charge on any atom is 0.223 e. The van der Waals surface area contributed by atoms with Crippen molar-refractivity contribution in [1.29, 1.82) is 0 Å². The molecule has 0 aliphatic heterocycles. The van der Waals surface area contributed by atoms with E-state index in [0.717, 1.165) is 26.9 Å². The molecule has 3 aromatic rings. The van der Waals surface area contributed by atoms with Crippen LogP contribution in [0.15, 0.2) is 18.2 Å². The Morgan fingerprint density at radius 2 is 2.10 bits per heavy atom. The van der Waals surface area contributed by atoms with Crippen molar-refractivity contribution in [2.24, 2.45) is 0 Å². The zero-order valence-corrected chi connectivity index (χ0v) is 13.4. The molecule has 0 aliphatic rings. The third-order valence-corrected chi connectivity index (χ3v) is 5.06. The molecule has 0 spiro atoms. The Morgan fingerprint density at radius 3 is 2.80 bits per heavy atom. The van der Waals surface area contributed by atoms with Gasteiger partial charge < -0.3 is 10.6 Å². The van der Waals surface area contributed by atoms with Crippen LogP contribution in [-0.2, 0) is 6.54 Å². The molecule has 0 aromatic carbocycles. The second-order valence-corrected chi connectivity index (χ2v) is 7.58. The predicted molar refractivity (Wildman–Crippen MR) is 88.0 cm³/mol. The second-order valence-electron chi connectivity index (χ2n) is 4.54. The van der Waals surface area contributed by atoms with Crippen molar-refractivity contribution in [1.82, 2.24) is 9.97 Å². The summed E-state index contributed by atoms with van der Waals surface area (Å²) < 4.78 is 0.798. The molecular weight excluding hydrogens is 312 g/mol. The lowest BCUT2D eigenvalue weighted by Crippen LogP contribution is -2.18. The van der Waals surface area contributed by atoms with E-state index in [2.05, 4.69) is 27.9 Å². The highest BCUT2D eigenvalue weighted by Crippen LogP contribution is 2.32. The molecule has 2 N–H and O–H groups in total. The van der Waals surface area contributed by atoms with E-state index in [4.69, 9.17) is 17.3 Å². The minimum atomic E-state index is 0.311. The van der Waals surface area contributed by atoms with Crippen LogP contribution >= 0.6 is 34.3 Å². The van der Waals surface area contributed by atoms with Crippen LogP contribution in [-0.4, -0.2) is 17.0 Å². The predicted octanol–water partition coefficient (Wildman–Crippen LogP) is 3.93. The molecule has 0 bridgehead atoms. The molecule has 3 heterocycles. The second kappa shape index (κ2) is 5.20. The molecule has 3 aromatic heterocycles. The number of anilines is 2. The average molecular weight is 325 g/mol. The van der Waals surface area contributed by atoms with E-state index in [1.807, 2.05) is 19.2 Å². The summed E-state index contributed by atoms with van der Waals surface area (Å²) in [5.41, 5.74) is 5.81. The average Bonchev–Trinajstić information content (AvgIpc) is 2.93. The Labute approximate surface area is 129 Å². The van der Waals surface area contributed by atoms with Crippen molar-refractivity contribution in [2.45, 2.75) is 13.5 Å². The fourth-order valence-electron chi connectivity index (χ4n) is 2.08. The number of nitrogens with two attached hydrogens (primary N) is 1. The van der Waals surface area contributed by atoms with Crippen molar-refractivity contribution in [3.8, 4) is 0 Å². The Morgan fingerprint density at radius 1 is 1.30 bits per heavy atom. The monoisotopic (exact) mass is 324 g/mol. The molecule has 20 heavy (non-hydrogen) atoms. The number of aromatic nitrogens is 2. The van der Waals surface area contributed by atoms with Gasteiger partial charge in [-0.25, -0.2) is 4.98 Å². The first-order valence-electron chi connectivity index (χ1n) is 6.02. The van der Waals surface area contributed by atoms with Crippen LogP contribution in [0.2, 0.25) is 4.34 Å². The van der Waals surface area contributed by atoms with E-state index in [-0.39, 0.29) is 0 Å². The van der Waals surface area contributed by atoms with Crippen LogP contribution in [0.3, 0.4) is 0 Å². The number of fused-ring (bicyclic) bond motifs is 1. The molecule has 0 amide bonds. The normalized spacial score (nSPS) is 11.2. The van der Waals surface area contributed by atoms with Gasteiger partial charge in [-0.05, 0) is 25.1 Å². The topological polar surface area (TPSA) is 55.0 Å². The molecule has 7 heteroatoms. The van der Waals surface area contributed by atoms with E-state index in [9.17, 15) is 0 Å². The lowest BCUT2D eigenvalue weighted by molar-refractivity contribution is 0.918. The number of halogens is 1. The first kappa shape index (κ1) is 13.6. The maximum absolute atomic E-state index is 5.97. The number of nitrogen functional groups attached to an aromatic ring is 1. The third kappa shape index (κ3) is 2.59. The van der Waals surface area contributed by atoms with E-state index >= 15 is 0 Å². The number of rotatable bonds is 3. The van der Waals surface area contributed by atoms with Gasteiger partial charge in [-0.1, -0.05) is 11.6 Å². The molecule has 0 unspecified atom stereocenters. The Balaban J connectivity index is 1.99. The summed E-state index contributed by atoms with van der Waals surface area (Å²) in [6, 6.07) is 6.05. The maximum atomic E-state index is 5.97. The molecule has 104 valence electrons.